The van der Waals surface area contributed by atoms with E-state index < -0.39 is 21.1 Å². The van der Waals surface area contributed by atoms with Gasteiger partial charge in [-0.05, 0) is 25.0 Å². The molecular weight excluding hydrogens is 248 g/mol. The Kier molecular flexibility index (Phi) is 3.21. The van der Waals surface area contributed by atoms with Crippen LogP contribution in [0.5, 0.6) is 0 Å². The van der Waals surface area contributed by atoms with Crippen molar-refractivity contribution in [1.82, 2.24) is 0 Å². The first-order chi connectivity index (χ1) is 8.01. The van der Waals surface area contributed by atoms with Crippen LogP contribution in [0.1, 0.15) is 23.4 Å². The molecule has 0 radical (unpaired) electrons. The molecule has 1 N–H and O–H groups in total. The van der Waals surface area contributed by atoms with Crippen molar-refractivity contribution < 1.29 is 27.5 Å². The van der Waals surface area contributed by atoms with Crippen molar-refractivity contribution in [2.45, 2.75) is 23.2 Å². The molecule has 0 atom stereocenters. The first kappa shape index (κ1) is 12.1. The van der Waals surface area contributed by atoms with Gasteiger partial charge < -0.3 is 14.3 Å². The molecule has 0 bridgehead atoms. The van der Waals surface area contributed by atoms with E-state index in [0.717, 1.165) is 6.07 Å². The van der Waals surface area contributed by atoms with Gasteiger partial charge in [0.1, 0.15) is 0 Å². The number of carbonyl (C=O) groups is 1. The highest BCUT2D eigenvalue weighted by atomic mass is 32.2. The van der Waals surface area contributed by atoms with Crippen molar-refractivity contribution >= 4 is 15.8 Å². The van der Waals surface area contributed by atoms with Crippen LogP contribution < -0.4 is 0 Å². The Morgan fingerprint density at radius 1 is 1.29 bits per heavy atom. The lowest BCUT2D eigenvalue weighted by molar-refractivity contribution is 0.0656. The zero-order valence-electron chi connectivity index (χ0n) is 8.96. The minimum absolute atomic E-state index is 0.276. The Bertz CT molecular complexity index is 509. The van der Waals surface area contributed by atoms with Gasteiger partial charge in [0.25, 0.3) is 0 Å². The topological polar surface area (TPSA) is 93.8 Å². The van der Waals surface area contributed by atoms with Crippen LogP contribution in [-0.4, -0.2) is 38.0 Å². The summed E-state index contributed by atoms with van der Waals surface area (Å²) in [6.45, 7) is 0.798. The summed E-state index contributed by atoms with van der Waals surface area (Å²) in [7, 11) is -3.58. The van der Waals surface area contributed by atoms with E-state index in [-0.39, 0.29) is 10.9 Å². The number of ether oxygens (including phenoxy) is 1. The zero-order valence-corrected chi connectivity index (χ0v) is 9.77. The fourth-order valence-electron chi connectivity index (χ4n) is 1.74. The minimum Gasteiger partial charge on any atom is -0.475 e. The summed E-state index contributed by atoms with van der Waals surface area (Å²) < 4.78 is 34.1. The maximum atomic E-state index is 12.1. The van der Waals surface area contributed by atoms with E-state index in [1.165, 1.54) is 6.07 Å². The van der Waals surface area contributed by atoms with Gasteiger partial charge >= 0.3 is 5.97 Å². The third-order valence-corrected chi connectivity index (χ3v) is 4.81. The molecule has 0 amide bonds. The Morgan fingerprint density at radius 2 is 1.94 bits per heavy atom. The second kappa shape index (κ2) is 4.50. The molecule has 6 nitrogen and oxygen atoms in total. The molecule has 0 unspecified atom stereocenters. The maximum absolute atomic E-state index is 12.1. The van der Waals surface area contributed by atoms with E-state index in [2.05, 4.69) is 0 Å². The monoisotopic (exact) mass is 260 g/mol. The number of carboxylic acid groups (broad SMARTS) is 1. The van der Waals surface area contributed by atoms with Crippen molar-refractivity contribution in [2.75, 3.05) is 13.2 Å². The Hall–Kier alpha value is -1.34. The quantitative estimate of drug-likeness (QED) is 0.868. The average molecular weight is 260 g/mol. The van der Waals surface area contributed by atoms with E-state index in [1.807, 2.05) is 0 Å². The maximum Gasteiger partial charge on any atom is 0.371 e. The van der Waals surface area contributed by atoms with E-state index in [1.54, 1.807) is 0 Å². The third kappa shape index (κ3) is 2.34. The van der Waals surface area contributed by atoms with Crippen LogP contribution in [0, 0.1) is 0 Å². The average Bonchev–Trinajstić information content (AvgIpc) is 2.80. The summed E-state index contributed by atoms with van der Waals surface area (Å²) in [6.07, 6.45) is 0.816. The highest BCUT2D eigenvalue weighted by Crippen LogP contribution is 2.25. The van der Waals surface area contributed by atoms with Crippen LogP contribution in [0.4, 0.5) is 0 Å². The fourth-order valence-corrected chi connectivity index (χ4v) is 3.34. The van der Waals surface area contributed by atoms with E-state index in [0.29, 0.717) is 26.1 Å². The lowest BCUT2D eigenvalue weighted by Crippen LogP contribution is -2.28. The van der Waals surface area contributed by atoms with Crippen LogP contribution in [0.25, 0.3) is 0 Å². The second-order valence-corrected chi connectivity index (χ2v) is 5.94. The smallest absolute Gasteiger partial charge is 0.371 e. The summed E-state index contributed by atoms with van der Waals surface area (Å²) in [6, 6.07) is 2.34. The van der Waals surface area contributed by atoms with Crippen LogP contribution in [0.3, 0.4) is 0 Å². The molecule has 0 aromatic carbocycles. The molecule has 1 aliphatic rings. The number of aromatic carboxylic acids is 1. The molecule has 94 valence electrons. The molecule has 1 aliphatic heterocycles. The summed E-state index contributed by atoms with van der Waals surface area (Å²) in [5, 5.41) is 7.84. The van der Waals surface area contributed by atoms with Gasteiger partial charge in [-0.1, -0.05) is 0 Å². The molecule has 1 aromatic rings. The Labute approximate surface area is 98.1 Å². The van der Waals surface area contributed by atoms with Gasteiger partial charge in [0.05, 0.1) is 5.25 Å². The second-order valence-electron chi connectivity index (χ2n) is 3.78. The van der Waals surface area contributed by atoms with Crippen LogP contribution in [-0.2, 0) is 14.6 Å². The Balaban J connectivity index is 2.27. The molecule has 2 heterocycles. The van der Waals surface area contributed by atoms with Gasteiger partial charge in [-0.15, -0.1) is 0 Å². The standard InChI is InChI=1S/C10H12O6S/c11-10(12)8-1-2-9(16-8)17(13,14)7-3-5-15-6-4-7/h1-2,7H,3-6H2,(H,11,12). The summed E-state index contributed by atoms with van der Waals surface area (Å²) >= 11 is 0. The number of rotatable bonds is 3. The highest BCUT2D eigenvalue weighted by molar-refractivity contribution is 7.91. The number of carboxylic acids is 1. The van der Waals surface area contributed by atoms with E-state index in [4.69, 9.17) is 14.3 Å². The molecule has 2 rings (SSSR count). The molecule has 0 saturated carbocycles. The summed E-state index contributed by atoms with van der Waals surface area (Å²) in [4.78, 5) is 10.6. The number of sulfone groups is 1. The minimum atomic E-state index is -3.58. The molecule has 1 fully saturated rings. The predicted octanol–water partition coefficient (Wildman–Crippen LogP) is 0.931. The van der Waals surface area contributed by atoms with Gasteiger partial charge in [-0.25, -0.2) is 13.2 Å². The predicted molar refractivity (Wildman–Crippen MR) is 56.7 cm³/mol. The van der Waals surface area contributed by atoms with Gasteiger partial charge in [0.15, 0.2) is 0 Å². The fraction of sp³-hybridized carbons (Fsp3) is 0.500. The number of furan rings is 1. The van der Waals surface area contributed by atoms with Gasteiger partial charge in [0, 0.05) is 13.2 Å². The SMILES string of the molecule is O=C(O)c1ccc(S(=O)(=O)C2CCOCC2)o1. The van der Waals surface area contributed by atoms with Crippen molar-refractivity contribution in [3.05, 3.63) is 17.9 Å². The molecule has 7 heteroatoms. The normalized spacial score (nSPS) is 18.1. The van der Waals surface area contributed by atoms with Gasteiger partial charge in [0.2, 0.25) is 20.7 Å². The van der Waals surface area contributed by atoms with Gasteiger partial charge in [-0.3, -0.25) is 0 Å². The highest BCUT2D eigenvalue weighted by Gasteiger charge is 2.32. The van der Waals surface area contributed by atoms with Crippen LogP contribution in [0.15, 0.2) is 21.6 Å². The van der Waals surface area contributed by atoms with Crippen molar-refractivity contribution in [2.24, 2.45) is 0 Å². The zero-order chi connectivity index (χ0) is 12.5. The Morgan fingerprint density at radius 3 is 2.47 bits per heavy atom. The van der Waals surface area contributed by atoms with Crippen molar-refractivity contribution in [1.29, 1.82) is 0 Å². The number of hydrogen-bond acceptors (Lipinski definition) is 5. The molecule has 0 spiro atoms. The van der Waals surface area contributed by atoms with Gasteiger partial charge in [-0.2, -0.15) is 0 Å². The molecule has 17 heavy (non-hydrogen) atoms. The van der Waals surface area contributed by atoms with Crippen molar-refractivity contribution in [3.8, 4) is 0 Å². The first-order valence-corrected chi connectivity index (χ1v) is 6.71. The molecular formula is C10H12O6S. The number of hydrogen-bond donors (Lipinski definition) is 1. The summed E-state index contributed by atoms with van der Waals surface area (Å²) in [5.41, 5.74) is 0. The van der Waals surface area contributed by atoms with E-state index in [9.17, 15) is 13.2 Å². The molecule has 0 aliphatic carbocycles. The molecule has 1 aromatic heterocycles. The van der Waals surface area contributed by atoms with E-state index >= 15 is 0 Å². The first-order valence-electron chi connectivity index (χ1n) is 5.16. The van der Waals surface area contributed by atoms with Crippen LogP contribution in [0.2, 0.25) is 0 Å². The summed E-state index contributed by atoms with van der Waals surface area (Å²) in [5.74, 6) is -1.64. The van der Waals surface area contributed by atoms with Crippen LogP contribution >= 0.6 is 0 Å². The lowest BCUT2D eigenvalue weighted by atomic mass is 10.2. The lowest BCUT2D eigenvalue weighted by Gasteiger charge is -2.20. The third-order valence-electron chi connectivity index (χ3n) is 2.68. The molecule has 1 saturated heterocycles. The largest absolute Gasteiger partial charge is 0.475 e. The van der Waals surface area contributed by atoms with Crippen molar-refractivity contribution in [3.63, 3.8) is 0 Å².